The summed E-state index contributed by atoms with van der Waals surface area (Å²) in [4.78, 5) is 21.1. The van der Waals surface area contributed by atoms with E-state index in [9.17, 15) is 4.79 Å². The van der Waals surface area contributed by atoms with Gasteiger partial charge < -0.3 is 19.3 Å². The van der Waals surface area contributed by atoms with Gasteiger partial charge in [-0.2, -0.15) is 4.99 Å². The fraction of sp³-hybridized carbons (Fsp3) is 0.889. The van der Waals surface area contributed by atoms with Crippen molar-refractivity contribution < 1.29 is 14.3 Å². The monoisotopic (exact) mass is 339 g/mol. The number of carbonyl (C=O) groups is 1. The molecule has 0 aliphatic carbocycles. The quantitative estimate of drug-likeness (QED) is 0.584. The molecule has 2 aliphatic heterocycles. The fourth-order valence-electron chi connectivity index (χ4n) is 3.27. The number of hydrogen-bond acceptors (Lipinski definition) is 4. The Morgan fingerprint density at radius 3 is 2.33 bits per heavy atom. The molecule has 0 saturated carbocycles. The van der Waals surface area contributed by atoms with Gasteiger partial charge in [-0.25, -0.2) is 4.79 Å². The van der Waals surface area contributed by atoms with Crippen molar-refractivity contribution in [1.29, 1.82) is 0 Å². The van der Waals surface area contributed by atoms with Gasteiger partial charge in [0.1, 0.15) is 5.84 Å². The zero-order valence-corrected chi connectivity index (χ0v) is 15.7. The molecule has 0 aromatic heterocycles. The molecule has 0 spiro atoms. The first-order chi connectivity index (χ1) is 11.4. The molecule has 2 heterocycles. The lowest BCUT2D eigenvalue weighted by atomic mass is 9.93. The summed E-state index contributed by atoms with van der Waals surface area (Å²) in [5.74, 6) is 1.27. The molecule has 2 rings (SSSR count). The van der Waals surface area contributed by atoms with Crippen molar-refractivity contribution in [2.45, 2.75) is 40.5 Å². The molecule has 2 aliphatic rings. The van der Waals surface area contributed by atoms with Crippen LogP contribution in [0.3, 0.4) is 0 Å². The summed E-state index contributed by atoms with van der Waals surface area (Å²) in [5.41, 5.74) is -0.192. The lowest BCUT2D eigenvalue weighted by Crippen LogP contribution is -2.46. The minimum absolute atomic E-state index is 0.192. The molecule has 6 nitrogen and oxygen atoms in total. The Balaban J connectivity index is 1.88. The Morgan fingerprint density at radius 2 is 1.79 bits per heavy atom. The van der Waals surface area contributed by atoms with Crippen LogP contribution in [0.25, 0.3) is 0 Å². The topological polar surface area (TPSA) is 54.4 Å². The lowest BCUT2D eigenvalue weighted by molar-refractivity contribution is 0.0639. The maximum Gasteiger partial charge on any atom is 0.435 e. The number of piperidine rings is 1. The second-order valence-electron chi connectivity index (χ2n) is 7.74. The normalized spacial score (nSPS) is 21.8. The molecule has 0 bridgehead atoms. The van der Waals surface area contributed by atoms with E-state index in [0.717, 1.165) is 51.4 Å². The van der Waals surface area contributed by atoms with E-state index in [1.807, 2.05) is 0 Å². The number of ether oxygens (including phenoxy) is 2. The summed E-state index contributed by atoms with van der Waals surface area (Å²) in [5, 5.41) is 0. The first-order valence-electron chi connectivity index (χ1n) is 9.21. The highest BCUT2D eigenvalue weighted by Crippen LogP contribution is 2.21. The van der Waals surface area contributed by atoms with Crippen molar-refractivity contribution in [2.75, 3.05) is 52.5 Å². The van der Waals surface area contributed by atoms with Crippen molar-refractivity contribution in [3.05, 3.63) is 0 Å². The molecule has 24 heavy (non-hydrogen) atoms. The molecule has 0 aromatic carbocycles. The number of carbonyl (C=O) groups excluding carboxylic acids is 1. The maximum absolute atomic E-state index is 12.2. The summed E-state index contributed by atoms with van der Waals surface area (Å²) < 4.78 is 10.9. The number of amides is 1. The first-order valence-corrected chi connectivity index (χ1v) is 9.21. The highest BCUT2D eigenvalue weighted by Gasteiger charge is 2.28. The molecule has 0 aromatic rings. The van der Waals surface area contributed by atoms with E-state index in [4.69, 9.17) is 9.47 Å². The van der Waals surface area contributed by atoms with E-state index in [0.29, 0.717) is 25.7 Å². The van der Waals surface area contributed by atoms with Crippen LogP contribution < -0.4 is 0 Å². The number of rotatable bonds is 3. The van der Waals surface area contributed by atoms with E-state index >= 15 is 0 Å². The predicted molar refractivity (Wildman–Crippen MR) is 95.5 cm³/mol. The van der Waals surface area contributed by atoms with Gasteiger partial charge in [0.2, 0.25) is 0 Å². The molecule has 0 radical (unpaired) electrons. The maximum atomic E-state index is 12.2. The largest absolute Gasteiger partial charge is 0.448 e. The van der Waals surface area contributed by atoms with Gasteiger partial charge in [0.25, 0.3) is 0 Å². The Labute approximate surface area is 146 Å². The predicted octanol–water partition coefficient (Wildman–Crippen LogP) is 2.63. The third-order valence-electron chi connectivity index (χ3n) is 4.78. The Morgan fingerprint density at radius 1 is 1.17 bits per heavy atom. The Kier molecular flexibility index (Phi) is 7.04. The van der Waals surface area contributed by atoms with Gasteiger partial charge in [0.15, 0.2) is 0 Å². The molecular weight excluding hydrogens is 306 g/mol. The highest BCUT2D eigenvalue weighted by atomic mass is 16.5. The van der Waals surface area contributed by atoms with E-state index in [-0.39, 0.29) is 5.41 Å². The molecule has 0 atom stereocenters. The Bertz CT molecular complexity index is 431. The molecule has 6 heteroatoms. The van der Waals surface area contributed by atoms with Gasteiger partial charge in [-0.15, -0.1) is 0 Å². The molecule has 0 N–H and O–H groups in total. The van der Waals surface area contributed by atoms with Gasteiger partial charge in [0.05, 0.1) is 19.8 Å². The highest BCUT2D eigenvalue weighted by molar-refractivity contribution is 5.95. The molecule has 1 amide bonds. The second kappa shape index (κ2) is 8.81. The molecular formula is C18H33N3O3. The van der Waals surface area contributed by atoms with Crippen LogP contribution in [0.2, 0.25) is 0 Å². The zero-order valence-electron chi connectivity index (χ0n) is 15.7. The lowest BCUT2D eigenvalue weighted by Gasteiger charge is -2.35. The zero-order chi connectivity index (χ0) is 17.6. The minimum Gasteiger partial charge on any atom is -0.448 e. The van der Waals surface area contributed by atoms with Crippen LogP contribution in [0.4, 0.5) is 4.79 Å². The van der Waals surface area contributed by atoms with E-state index in [1.54, 1.807) is 0 Å². The summed E-state index contributed by atoms with van der Waals surface area (Å²) in [6.07, 6.45) is 1.74. The van der Waals surface area contributed by atoms with Gasteiger partial charge in [0, 0.05) is 18.5 Å². The summed E-state index contributed by atoms with van der Waals surface area (Å²) in [6, 6.07) is 0. The number of nitrogens with zero attached hydrogens (tertiary/aromatic N) is 3. The van der Waals surface area contributed by atoms with Gasteiger partial charge in [-0.05, 0) is 38.4 Å². The summed E-state index contributed by atoms with van der Waals surface area (Å²) in [6.45, 7) is 15.1. The van der Waals surface area contributed by atoms with Crippen molar-refractivity contribution in [1.82, 2.24) is 9.80 Å². The van der Waals surface area contributed by atoms with Crippen LogP contribution in [0, 0.1) is 11.3 Å². The SMILES string of the molecule is CCN1CCC(COC(=O)N=C(N2CCOCC2)C(C)(C)C)CC1. The molecule has 138 valence electrons. The standard InChI is InChI=1S/C18H33N3O3/c1-5-20-8-6-15(7-9-20)14-24-17(22)19-16(18(2,3)4)21-10-12-23-13-11-21/h15H,5-14H2,1-4H3. The third kappa shape index (κ3) is 5.74. The second-order valence-corrected chi connectivity index (χ2v) is 7.74. The smallest absolute Gasteiger partial charge is 0.435 e. The average molecular weight is 339 g/mol. The van der Waals surface area contributed by atoms with Crippen molar-refractivity contribution >= 4 is 11.9 Å². The number of hydrogen-bond donors (Lipinski definition) is 0. The van der Waals surface area contributed by atoms with Crippen LogP contribution in [-0.4, -0.2) is 74.3 Å². The molecule has 2 fully saturated rings. The van der Waals surface area contributed by atoms with Gasteiger partial charge in [-0.3, -0.25) is 0 Å². The van der Waals surface area contributed by atoms with Crippen LogP contribution >= 0.6 is 0 Å². The summed E-state index contributed by atoms with van der Waals surface area (Å²) >= 11 is 0. The van der Waals surface area contributed by atoms with Crippen molar-refractivity contribution in [2.24, 2.45) is 16.3 Å². The van der Waals surface area contributed by atoms with Crippen LogP contribution in [-0.2, 0) is 9.47 Å². The van der Waals surface area contributed by atoms with Crippen LogP contribution in [0.1, 0.15) is 40.5 Å². The Hall–Kier alpha value is -1.14. The first kappa shape index (κ1) is 19.2. The molecule has 2 saturated heterocycles. The van der Waals surface area contributed by atoms with E-state index in [2.05, 4.69) is 42.5 Å². The number of amidine groups is 1. The van der Waals surface area contributed by atoms with E-state index < -0.39 is 6.09 Å². The number of morpholine rings is 1. The van der Waals surface area contributed by atoms with Crippen LogP contribution in [0.15, 0.2) is 4.99 Å². The van der Waals surface area contributed by atoms with Crippen molar-refractivity contribution in [3.63, 3.8) is 0 Å². The number of aliphatic imine (C=N–C) groups is 1. The van der Waals surface area contributed by atoms with Gasteiger partial charge >= 0.3 is 6.09 Å². The fourth-order valence-corrected chi connectivity index (χ4v) is 3.27. The summed E-state index contributed by atoms with van der Waals surface area (Å²) in [7, 11) is 0. The third-order valence-corrected chi connectivity index (χ3v) is 4.78. The minimum atomic E-state index is -0.454. The van der Waals surface area contributed by atoms with Crippen LogP contribution in [0.5, 0.6) is 0 Å². The van der Waals surface area contributed by atoms with Gasteiger partial charge in [-0.1, -0.05) is 27.7 Å². The van der Waals surface area contributed by atoms with E-state index in [1.165, 1.54) is 0 Å². The molecule has 0 unspecified atom stereocenters. The average Bonchev–Trinajstić information content (AvgIpc) is 2.58. The number of likely N-dealkylation sites (tertiary alicyclic amines) is 1. The van der Waals surface area contributed by atoms with Crippen molar-refractivity contribution in [3.8, 4) is 0 Å².